The maximum absolute atomic E-state index is 15.2. The van der Waals surface area contributed by atoms with E-state index in [1.807, 2.05) is 44.3 Å². The number of pyridine rings is 1. The molecule has 0 unspecified atom stereocenters. The average Bonchev–Trinajstić information content (AvgIpc) is 4.08. The molecule has 1 aromatic carbocycles. The number of aromatic nitrogens is 1. The van der Waals surface area contributed by atoms with Gasteiger partial charge in [-0.05, 0) is 89.3 Å². The molecule has 4 amide bonds. The molecule has 2 aliphatic carbocycles. The van der Waals surface area contributed by atoms with Crippen LogP contribution in [0, 0.1) is 17.8 Å². The van der Waals surface area contributed by atoms with E-state index in [9.17, 15) is 27.9 Å². The number of likely N-dealkylation sites (N-methyl/N-ethyl adjacent to an activating group) is 1. The van der Waals surface area contributed by atoms with E-state index in [1.165, 1.54) is 18.7 Å². The molecule has 16 heteroatoms. The highest BCUT2D eigenvalue weighted by molar-refractivity contribution is 7.91. The second-order valence-corrected chi connectivity index (χ2v) is 18.8. The van der Waals surface area contributed by atoms with Crippen LogP contribution in [0.4, 0.5) is 10.5 Å². The summed E-state index contributed by atoms with van der Waals surface area (Å²) >= 11 is 0. The zero-order chi connectivity index (χ0) is 42.8. The zero-order valence-electron chi connectivity index (χ0n) is 35.5. The van der Waals surface area contributed by atoms with Gasteiger partial charge in [0.2, 0.25) is 27.7 Å². The van der Waals surface area contributed by atoms with Crippen molar-refractivity contribution in [2.45, 2.75) is 114 Å². The van der Waals surface area contributed by atoms with Crippen molar-refractivity contribution in [3.05, 3.63) is 36.5 Å². The van der Waals surface area contributed by atoms with E-state index < -0.39 is 87.0 Å². The lowest BCUT2D eigenvalue weighted by molar-refractivity contribution is -0.146. The summed E-state index contributed by atoms with van der Waals surface area (Å²) in [7, 11) is -2.01. The smallest absolute Gasteiger partial charge is 0.408 e. The van der Waals surface area contributed by atoms with E-state index in [0.717, 1.165) is 11.1 Å². The first kappa shape index (κ1) is 35.8. The minimum Gasteiger partial charge on any atom is -0.489 e. The lowest BCUT2D eigenvalue weighted by Gasteiger charge is -2.43. The van der Waals surface area contributed by atoms with Crippen LogP contribution in [0.3, 0.4) is 0 Å². The predicted octanol–water partition coefficient (Wildman–Crippen LogP) is 4.05. The molecule has 5 aliphatic rings. The van der Waals surface area contributed by atoms with Gasteiger partial charge in [0.15, 0.2) is 5.75 Å². The number of fused-ring (bicyclic) bond motifs is 5. The van der Waals surface area contributed by atoms with Gasteiger partial charge in [0.1, 0.15) is 30.3 Å². The van der Waals surface area contributed by atoms with Gasteiger partial charge in [-0.2, -0.15) is 0 Å². The summed E-state index contributed by atoms with van der Waals surface area (Å²) in [6, 6.07) is 2.70. The molecule has 2 aromatic rings. The van der Waals surface area contributed by atoms with Crippen molar-refractivity contribution < 1.29 is 46.3 Å². The van der Waals surface area contributed by atoms with Crippen LogP contribution < -0.4 is 24.4 Å². The van der Waals surface area contributed by atoms with Crippen LogP contribution in [0.5, 0.6) is 11.6 Å². The molecule has 56 heavy (non-hydrogen) atoms. The van der Waals surface area contributed by atoms with E-state index in [-0.39, 0.29) is 31.2 Å². The minimum atomic E-state index is -3.98. The Labute approximate surface area is 332 Å². The van der Waals surface area contributed by atoms with Crippen LogP contribution in [0.15, 0.2) is 36.5 Å². The fraction of sp³-hybridized carbons (Fsp3) is 0.625. The molecule has 4 heterocycles. The third-order valence-corrected chi connectivity index (χ3v) is 13.7. The second-order valence-electron chi connectivity index (χ2n) is 16.8. The third-order valence-electron chi connectivity index (χ3n) is 11.9. The number of amides is 4. The Hall–Kier alpha value is -4.60. The number of nitrogens with zero attached hydrogens (tertiary/aromatic N) is 4. The highest BCUT2D eigenvalue weighted by Crippen LogP contribution is 2.47. The van der Waals surface area contributed by atoms with Crippen molar-refractivity contribution >= 4 is 50.3 Å². The molecular weight excluding hydrogens is 741 g/mol. The predicted molar refractivity (Wildman–Crippen MR) is 209 cm³/mol. The van der Waals surface area contributed by atoms with Crippen molar-refractivity contribution in [3.8, 4) is 11.6 Å². The topological polar surface area (TPSA) is 188 Å². The third kappa shape index (κ3) is 7.60. The number of anilines is 1. The number of allylic oxidation sites excluding steroid dienone is 1. The van der Waals surface area contributed by atoms with Gasteiger partial charge < -0.3 is 29.7 Å². The quantitative estimate of drug-likeness (QED) is 0.358. The van der Waals surface area contributed by atoms with Crippen LogP contribution in [-0.2, 0) is 24.4 Å². The van der Waals surface area contributed by atoms with Crippen LogP contribution in [-0.4, -0.2) is 113 Å². The van der Waals surface area contributed by atoms with E-state index in [0.29, 0.717) is 61.3 Å². The van der Waals surface area contributed by atoms with Crippen LogP contribution in [0.2, 0.25) is 0 Å². The fourth-order valence-electron chi connectivity index (χ4n) is 8.65. The summed E-state index contributed by atoms with van der Waals surface area (Å²) in [6.07, 6.45) is 5.18. The maximum Gasteiger partial charge on any atom is 0.408 e. The zero-order valence-corrected chi connectivity index (χ0v) is 33.3. The van der Waals surface area contributed by atoms with Gasteiger partial charge in [-0.15, -0.1) is 0 Å². The Kier molecular flexibility index (Phi) is 9.41. The van der Waals surface area contributed by atoms with Crippen molar-refractivity contribution in [1.29, 1.82) is 0 Å². The SMILES string of the molecule is [2H]C([2H])([2H])C(C)(C)N(C(=O)O)[C@@H]1C(=O)N2C[C@H](Oc3nccc4c5c(ccc34)N(C)CCO5)C[C@H]2C(=O)N[C@]2(C(=O)NS(=O)(=O)C3CC3)C[C@H]2/C=C\CC[C@@H](C)C[C@H]1C. The molecule has 0 radical (unpaired) electrons. The molecule has 7 rings (SSSR count). The van der Waals surface area contributed by atoms with Crippen LogP contribution in [0.1, 0.15) is 83.6 Å². The maximum atomic E-state index is 15.2. The summed E-state index contributed by atoms with van der Waals surface area (Å²) in [6.45, 7) is 4.33. The van der Waals surface area contributed by atoms with E-state index >= 15 is 4.79 Å². The van der Waals surface area contributed by atoms with Crippen molar-refractivity contribution in [1.82, 2.24) is 24.8 Å². The van der Waals surface area contributed by atoms with Gasteiger partial charge in [-0.1, -0.05) is 26.0 Å². The molecule has 1 saturated heterocycles. The van der Waals surface area contributed by atoms with Gasteiger partial charge >= 0.3 is 6.09 Å². The van der Waals surface area contributed by atoms with Crippen LogP contribution >= 0.6 is 0 Å². The summed E-state index contributed by atoms with van der Waals surface area (Å²) in [5.41, 5.74) is -2.76. The van der Waals surface area contributed by atoms with Gasteiger partial charge in [-0.25, -0.2) is 18.2 Å². The average molecular weight is 798 g/mol. The minimum absolute atomic E-state index is 0.0466. The van der Waals surface area contributed by atoms with Crippen molar-refractivity contribution in [3.63, 3.8) is 0 Å². The number of nitrogens with one attached hydrogen (secondary N) is 2. The van der Waals surface area contributed by atoms with Crippen LogP contribution in [0.25, 0.3) is 10.8 Å². The van der Waals surface area contributed by atoms with Gasteiger partial charge in [-0.3, -0.25) is 24.0 Å². The van der Waals surface area contributed by atoms with Crippen molar-refractivity contribution in [2.75, 3.05) is 31.6 Å². The summed E-state index contributed by atoms with van der Waals surface area (Å²) in [5.74, 6) is -2.82. The largest absolute Gasteiger partial charge is 0.489 e. The number of carbonyl (C=O) groups is 4. The lowest BCUT2D eigenvalue weighted by atomic mass is 9.85. The molecule has 1 aromatic heterocycles. The number of carbonyl (C=O) groups excluding carboxylic acids is 3. The molecule has 2 saturated carbocycles. The van der Waals surface area contributed by atoms with E-state index in [4.69, 9.17) is 13.6 Å². The van der Waals surface area contributed by atoms with Gasteiger partial charge in [0, 0.05) is 46.0 Å². The molecule has 3 aliphatic heterocycles. The van der Waals surface area contributed by atoms with E-state index in [1.54, 1.807) is 13.1 Å². The fourth-order valence-corrected chi connectivity index (χ4v) is 10.0. The second kappa shape index (κ2) is 14.7. The first-order valence-corrected chi connectivity index (χ1v) is 21.0. The van der Waals surface area contributed by atoms with E-state index in [2.05, 4.69) is 19.9 Å². The molecule has 304 valence electrons. The molecule has 3 fully saturated rings. The Balaban J connectivity index is 1.29. The Bertz CT molecular complexity index is 2170. The first-order chi connectivity index (χ1) is 27.7. The summed E-state index contributed by atoms with van der Waals surface area (Å²) < 4.78 is 65.7. The Morgan fingerprint density at radius 2 is 1.93 bits per heavy atom. The number of ether oxygens (including phenoxy) is 2. The van der Waals surface area contributed by atoms with Gasteiger partial charge in [0.05, 0.1) is 24.0 Å². The summed E-state index contributed by atoms with van der Waals surface area (Å²) in [5, 5.41) is 14.2. The Morgan fingerprint density at radius 3 is 2.64 bits per heavy atom. The number of benzene rings is 1. The number of hydrogen-bond donors (Lipinski definition) is 3. The standard InChI is InChI=1S/C40H54N6O9S/c1-23-9-7-8-10-25-21-40(25,37(49)43-56(52,53)27-11-12-27)42-34(47)31-20-26(22-45(31)36(48)32(24(2)19-23)46(38(50)51)39(3,4)5)55-35-29-13-14-30-33(28(29)15-16-41-35)54-18-17-44(30)6/h8,10,13-16,23-27,31-32H,7,9,11-12,17-22H2,1-6H3,(H,42,47)(H,43,49)(H,50,51)/b10-8-/t23-,24-,25-,26-,31+,32+,40-/m1/s1/i3D3. The molecule has 0 spiro atoms. The number of rotatable bonds is 6. The number of carboxylic acid groups (broad SMARTS) is 1. The Morgan fingerprint density at radius 1 is 1.16 bits per heavy atom. The molecular formula is C40H54N6O9S. The summed E-state index contributed by atoms with van der Waals surface area (Å²) in [4.78, 5) is 65.5. The molecule has 3 N–H and O–H groups in total. The lowest BCUT2D eigenvalue weighted by Crippen LogP contribution is -2.62. The first-order valence-electron chi connectivity index (χ1n) is 21.0. The highest BCUT2D eigenvalue weighted by Gasteiger charge is 2.62. The number of hydrogen-bond acceptors (Lipinski definition) is 10. The molecule has 7 atom stereocenters. The molecule has 0 bridgehead atoms. The molecule has 15 nitrogen and oxygen atoms in total. The monoisotopic (exact) mass is 797 g/mol. The van der Waals surface area contributed by atoms with Gasteiger partial charge in [0.25, 0.3) is 5.91 Å². The van der Waals surface area contributed by atoms with Crippen molar-refractivity contribution in [2.24, 2.45) is 17.8 Å². The normalized spacial score (nSPS) is 31.4. The highest BCUT2D eigenvalue weighted by atomic mass is 32.2. The number of sulfonamides is 1.